The van der Waals surface area contributed by atoms with E-state index < -0.39 is 0 Å². The highest BCUT2D eigenvalue weighted by Crippen LogP contribution is 2.26. The molecule has 0 spiro atoms. The first-order valence-electron chi connectivity index (χ1n) is 6.77. The first-order valence-corrected chi connectivity index (χ1v) is 7.15. The van der Waals surface area contributed by atoms with Crippen molar-refractivity contribution in [1.29, 1.82) is 0 Å². The van der Waals surface area contributed by atoms with E-state index >= 15 is 0 Å². The van der Waals surface area contributed by atoms with E-state index in [0.29, 0.717) is 6.04 Å². The molecule has 2 heteroatoms. The Bertz CT molecular complexity index is 510. The molecular weight excluding hydrogens is 254 g/mol. The zero-order chi connectivity index (χ0) is 13.7. The van der Waals surface area contributed by atoms with Crippen LogP contribution >= 0.6 is 11.6 Å². The van der Waals surface area contributed by atoms with Gasteiger partial charge in [0.15, 0.2) is 0 Å². The van der Waals surface area contributed by atoms with Crippen LogP contribution in [-0.2, 0) is 0 Å². The molecule has 0 heterocycles. The predicted octanol–water partition coefficient (Wildman–Crippen LogP) is 5.14. The molecule has 0 aliphatic rings. The minimum Gasteiger partial charge on any atom is -0.303 e. The fourth-order valence-electron chi connectivity index (χ4n) is 2.35. The molecule has 19 heavy (non-hydrogen) atoms. The second kappa shape index (κ2) is 6.74. The van der Waals surface area contributed by atoms with Gasteiger partial charge in [0.25, 0.3) is 0 Å². The van der Waals surface area contributed by atoms with E-state index in [1.54, 1.807) is 0 Å². The number of rotatable bonds is 5. The Balaban J connectivity index is 2.13. The summed E-state index contributed by atoms with van der Waals surface area (Å²) >= 11 is 6.25. The van der Waals surface area contributed by atoms with E-state index in [4.69, 9.17) is 11.6 Å². The van der Waals surface area contributed by atoms with Gasteiger partial charge in [0.05, 0.1) is 0 Å². The Morgan fingerprint density at radius 1 is 1.00 bits per heavy atom. The summed E-state index contributed by atoms with van der Waals surface area (Å²) in [5.41, 5.74) is 2.47. The van der Waals surface area contributed by atoms with Crippen molar-refractivity contribution in [2.45, 2.75) is 32.4 Å². The molecule has 1 unspecified atom stereocenters. The lowest BCUT2D eigenvalue weighted by atomic mass is 10.0. The smallest absolute Gasteiger partial charge is 0.0453 e. The maximum Gasteiger partial charge on any atom is 0.0453 e. The molecule has 2 aromatic carbocycles. The molecule has 0 fully saturated rings. The topological polar surface area (TPSA) is 12.0 Å². The van der Waals surface area contributed by atoms with Gasteiger partial charge in [-0.2, -0.15) is 0 Å². The monoisotopic (exact) mass is 273 g/mol. The zero-order valence-electron chi connectivity index (χ0n) is 11.4. The first kappa shape index (κ1) is 14.1. The maximum atomic E-state index is 6.25. The van der Waals surface area contributed by atoms with Crippen LogP contribution in [0.2, 0.25) is 5.02 Å². The van der Waals surface area contributed by atoms with Gasteiger partial charge >= 0.3 is 0 Å². The van der Waals surface area contributed by atoms with Gasteiger partial charge < -0.3 is 5.32 Å². The molecule has 0 saturated carbocycles. The molecular formula is C17H20ClN. The van der Waals surface area contributed by atoms with Crippen LogP contribution in [-0.4, -0.2) is 0 Å². The van der Waals surface area contributed by atoms with Crippen LogP contribution in [0.5, 0.6) is 0 Å². The number of hydrogen-bond acceptors (Lipinski definition) is 1. The lowest BCUT2D eigenvalue weighted by Crippen LogP contribution is -2.24. The summed E-state index contributed by atoms with van der Waals surface area (Å²) in [7, 11) is 0. The van der Waals surface area contributed by atoms with Gasteiger partial charge in [-0.1, -0.05) is 67.1 Å². The van der Waals surface area contributed by atoms with Crippen molar-refractivity contribution in [3.8, 4) is 0 Å². The van der Waals surface area contributed by atoms with E-state index in [1.165, 1.54) is 5.56 Å². The SMILES string of the molecule is CCC(N[C@H](C)c1ccccc1Cl)c1ccccc1. The van der Waals surface area contributed by atoms with Crippen molar-refractivity contribution in [3.05, 3.63) is 70.7 Å². The maximum absolute atomic E-state index is 6.25. The van der Waals surface area contributed by atoms with Crippen LogP contribution in [0.25, 0.3) is 0 Å². The summed E-state index contributed by atoms with van der Waals surface area (Å²) < 4.78 is 0. The predicted molar refractivity (Wildman–Crippen MR) is 82.5 cm³/mol. The quantitative estimate of drug-likeness (QED) is 0.795. The molecule has 0 bridgehead atoms. The Kier molecular flexibility index (Phi) is 5.00. The lowest BCUT2D eigenvalue weighted by molar-refractivity contribution is 0.456. The molecule has 2 aromatic rings. The molecule has 0 aromatic heterocycles. The minimum atomic E-state index is 0.235. The van der Waals surface area contributed by atoms with Gasteiger partial charge in [-0.05, 0) is 30.5 Å². The van der Waals surface area contributed by atoms with Crippen LogP contribution in [0.3, 0.4) is 0 Å². The zero-order valence-corrected chi connectivity index (χ0v) is 12.2. The Morgan fingerprint density at radius 3 is 2.26 bits per heavy atom. The van der Waals surface area contributed by atoms with Crippen molar-refractivity contribution in [2.75, 3.05) is 0 Å². The molecule has 0 saturated heterocycles. The molecule has 100 valence electrons. The summed E-state index contributed by atoms with van der Waals surface area (Å²) in [6, 6.07) is 19.2. The van der Waals surface area contributed by atoms with Gasteiger partial charge in [-0.15, -0.1) is 0 Å². The van der Waals surface area contributed by atoms with Crippen molar-refractivity contribution in [2.24, 2.45) is 0 Å². The third kappa shape index (κ3) is 3.59. The van der Waals surface area contributed by atoms with Crippen LogP contribution in [0.4, 0.5) is 0 Å². The normalized spacial score (nSPS) is 14.1. The summed E-state index contributed by atoms with van der Waals surface area (Å²) in [5, 5.41) is 4.48. The summed E-state index contributed by atoms with van der Waals surface area (Å²) in [4.78, 5) is 0. The molecule has 1 N–H and O–H groups in total. The van der Waals surface area contributed by atoms with Gasteiger partial charge in [0.1, 0.15) is 0 Å². The van der Waals surface area contributed by atoms with Gasteiger partial charge in [0.2, 0.25) is 0 Å². The second-order valence-electron chi connectivity index (χ2n) is 4.78. The minimum absolute atomic E-state index is 0.235. The Hall–Kier alpha value is -1.31. The largest absolute Gasteiger partial charge is 0.303 e. The summed E-state index contributed by atoms with van der Waals surface area (Å²) in [6.45, 7) is 4.36. The number of halogens is 1. The summed E-state index contributed by atoms with van der Waals surface area (Å²) in [6.07, 6.45) is 1.05. The Labute approximate surface area is 120 Å². The lowest BCUT2D eigenvalue weighted by Gasteiger charge is -2.23. The molecule has 2 rings (SSSR count). The van der Waals surface area contributed by atoms with Crippen molar-refractivity contribution in [3.63, 3.8) is 0 Å². The highest BCUT2D eigenvalue weighted by Gasteiger charge is 2.15. The summed E-state index contributed by atoms with van der Waals surface area (Å²) in [5.74, 6) is 0. The van der Waals surface area contributed by atoms with E-state index in [1.807, 2.05) is 24.3 Å². The molecule has 0 aliphatic carbocycles. The molecule has 0 radical (unpaired) electrons. The fourth-order valence-corrected chi connectivity index (χ4v) is 2.65. The van der Waals surface area contributed by atoms with E-state index in [9.17, 15) is 0 Å². The van der Waals surface area contributed by atoms with Crippen LogP contribution in [0.15, 0.2) is 54.6 Å². The van der Waals surface area contributed by atoms with Crippen molar-refractivity contribution >= 4 is 11.6 Å². The average molecular weight is 274 g/mol. The molecule has 2 atom stereocenters. The number of benzene rings is 2. The number of hydrogen-bond donors (Lipinski definition) is 1. The third-order valence-corrected chi connectivity index (χ3v) is 3.78. The van der Waals surface area contributed by atoms with Crippen LogP contribution in [0.1, 0.15) is 43.5 Å². The van der Waals surface area contributed by atoms with E-state index in [2.05, 4.69) is 49.5 Å². The van der Waals surface area contributed by atoms with E-state index in [0.717, 1.165) is 17.0 Å². The van der Waals surface area contributed by atoms with Gasteiger partial charge in [0, 0.05) is 17.1 Å². The Morgan fingerprint density at radius 2 is 1.63 bits per heavy atom. The fraction of sp³-hybridized carbons (Fsp3) is 0.294. The molecule has 0 aliphatic heterocycles. The standard InChI is InChI=1S/C17H20ClN/c1-3-17(14-9-5-4-6-10-14)19-13(2)15-11-7-8-12-16(15)18/h4-13,17,19H,3H2,1-2H3/t13-,17?/m1/s1. The third-order valence-electron chi connectivity index (χ3n) is 3.43. The average Bonchev–Trinajstić information content (AvgIpc) is 2.46. The van der Waals surface area contributed by atoms with Gasteiger partial charge in [-0.3, -0.25) is 0 Å². The van der Waals surface area contributed by atoms with Gasteiger partial charge in [-0.25, -0.2) is 0 Å². The van der Waals surface area contributed by atoms with Crippen molar-refractivity contribution in [1.82, 2.24) is 5.32 Å². The highest BCUT2D eigenvalue weighted by molar-refractivity contribution is 6.31. The number of nitrogens with one attached hydrogen (secondary N) is 1. The first-order chi connectivity index (χ1) is 9.22. The molecule has 1 nitrogen and oxygen atoms in total. The van der Waals surface area contributed by atoms with E-state index in [-0.39, 0.29) is 6.04 Å². The van der Waals surface area contributed by atoms with Crippen LogP contribution < -0.4 is 5.32 Å². The van der Waals surface area contributed by atoms with Crippen LogP contribution in [0, 0.1) is 0 Å². The highest BCUT2D eigenvalue weighted by atomic mass is 35.5. The second-order valence-corrected chi connectivity index (χ2v) is 5.19. The molecule has 0 amide bonds. The van der Waals surface area contributed by atoms with Crippen molar-refractivity contribution < 1.29 is 0 Å².